The molecule has 0 radical (unpaired) electrons. The Morgan fingerprint density at radius 3 is 1.83 bits per heavy atom. The maximum absolute atomic E-state index is 6.87. The molecule has 2 heterocycles. The molecular weight excluding hydrogens is 705 g/mol. The number of hydrogen-bond donors (Lipinski definition) is 0. The summed E-state index contributed by atoms with van der Waals surface area (Å²) < 4.78 is 9.27. The van der Waals surface area contributed by atoms with Gasteiger partial charge >= 0.3 is 0 Å². The third-order valence-corrected chi connectivity index (χ3v) is 12.2. The van der Waals surface area contributed by atoms with Crippen molar-refractivity contribution in [2.24, 2.45) is 0 Å². The fourth-order valence-corrected chi connectivity index (χ4v) is 9.92. The van der Waals surface area contributed by atoms with Crippen molar-refractivity contribution in [1.29, 1.82) is 0 Å². The van der Waals surface area contributed by atoms with E-state index in [1.807, 2.05) is 0 Å². The number of fused-ring (bicyclic) bond motifs is 12. The van der Waals surface area contributed by atoms with Gasteiger partial charge in [0.15, 0.2) is 0 Å². The molecule has 12 rings (SSSR count). The van der Waals surface area contributed by atoms with Gasteiger partial charge < -0.3 is 14.2 Å². The molecular formula is C55H36N2O. The Labute approximate surface area is 337 Å². The summed E-state index contributed by atoms with van der Waals surface area (Å²) in [6.45, 7) is 0. The predicted octanol–water partition coefficient (Wildman–Crippen LogP) is 14.4. The van der Waals surface area contributed by atoms with Gasteiger partial charge in [-0.2, -0.15) is 0 Å². The molecule has 1 atom stereocenters. The highest BCUT2D eigenvalue weighted by Crippen LogP contribution is 2.64. The van der Waals surface area contributed by atoms with Crippen molar-refractivity contribution < 1.29 is 4.74 Å². The van der Waals surface area contributed by atoms with Crippen molar-refractivity contribution in [1.82, 2.24) is 4.57 Å². The summed E-state index contributed by atoms with van der Waals surface area (Å²) in [5.41, 5.74) is 15.7. The minimum atomic E-state index is -0.648. The summed E-state index contributed by atoms with van der Waals surface area (Å²) in [6, 6.07) is 79.1. The molecule has 1 aliphatic heterocycles. The van der Waals surface area contributed by atoms with Crippen LogP contribution < -0.4 is 9.64 Å². The fourth-order valence-electron chi connectivity index (χ4n) is 9.92. The molecule has 58 heavy (non-hydrogen) atoms. The summed E-state index contributed by atoms with van der Waals surface area (Å²) >= 11 is 0. The lowest BCUT2D eigenvalue weighted by molar-refractivity contribution is 0.437. The zero-order valence-corrected chi connectivity index (χ0v) is 31.6. The molecule has 1 aromatic heterocycles. The van der Waals surface area contributed by atoms with Crippen LogP contribution in [-0.2, 0) is 5.41 Å². The van der Waals surface area contributed by atoms with Gasteiger partial charge in [0.05, 0.1) is 16.4 Å². The Morgan fingerprint density at radius 2 is 0.983 bits per heavy atom. The zero-order chi connectivity index (χ0) is 38.2. The molecule has 0 amide bonds. The summed E-state index contributed by atoms with van der Waals surface area (Å²) in [4.78, 5) is 2.42. The highest BCUT2D eigenvalue weighted by molar-refractivity contribution is 6.10. The molecule has 1 unspecified atom stereocenters. The predicted molar refractivity (Wildman–Crippen MR) is 238 cm³/mol. The smallest absolute Gasteiger partial charge is 0.132 e. The SMILES string of the molecule is c1ccc(-c2cccc3c2C2(c4ccccc4O3)c3ccccc3-c3ccc(N(c4ccccc4)c4ccc5c6ccccc6n(-c6ccccc6)c5c4)cc32)cc1. The van der Waals surface area contributed by atoms with E-state index in [4.69, 9.17) is 4.74 Å². The van der Waals surface area contributed by atoms with Gasteiger partial charge in [-0.15, -0.1) is 0 Å². The molecule has 9 aromatic carbocycles. The molecule has 1 aliphatic carbocycles. The van der Waals surface area contributed by atoms with Crippen molar-refractivity contribution in [3.63, 3.8) is 0 Å². The molecule has 0 fully saturated rings. The zero-order valence-electron chi connectivity index (χ0n) is 31.6. The second-order valence-corrected chi connectivity index (χ2v) is 15.2. The second kappa shape index (κ2) is 12.7. The molecule has 0 saturated heterocycles. The number of anilines is 3. The lowest BCUT2D eigenvalue weighted by Gasteiger charge is -2.41. The van der Waals surface area contributed by atoms with Crippen LogP contribution in [0.25, 0.3) is 49.7 Å². The minimum Gasteiger partial charge on any atom is -0.457 e. The number of hydrogen-bond acceptors (Lipinski definition) is 2. The van der Waals surface area contributed by atoms with E-state index in [9.17, 15) is 0 Å². The second-order valence-electron chi connectivity index (χ2n) is 15.2. The molecule has 10 aromatic rings. The number of ether oxygens (including phenoxy) is 1. The topological polar surface area (TPSA) is 17.4 Å². The van der Waals surface area contributed by atoms with E-state index in [0.29, 0.717) is 0 Å². The van der Waals surface area contributed by atoms with Gasteiger partial charge in [0.2, 0.25) is 0 Å². The van der Waals surface area contributed by atoms with Crippen molar-refractivity contribution in [2.45, 2.75) is 5.41 Å². The number of nitrogens with zero attached hydrogens (tertiary/aromatic N) is 2. The largest absolute Gasteiger partial charge is 0.457 e. The third kappa shape index (κ3) is 4.62. The Balaban J connectivity index is 1.15. The number of aromatic nitrogens is 1. The fraction of sp³-hybridized carbons (Fsp3) is 0.0182. The number of para-hydroxylation sites is 4. The first kappa shape index (κ1) is 32.6. The average molecular weight is 741 g/mol. The van der Waals surface area contributed by atoms with Crippen LogP contribution in [-0.4, -0.2) is 4.57 Å². The molecule has 0 N–H and O–H groups in total. The van der Waals surface area contributed by atoms with Gasteiger partial charge in [0.1, 0.15) is 11.5 Å². The van der Waals surface area contributed by atoms with E-state index in [0.717, 1.165) is 50.9 Å². The van der Waals surface area contributed by atoms with Crippen molar-refractivity contribution >= 4 is 38.9 Å². The van der Waals surface area contributed by atoms with Gasteiger partial charge in [-0.1, -0.05) is 152 Å². The molecule has 0 saturated carbocycles. The Morgan fingerprint density at radius 1 is 0.379 bits per heavy atom. The lowest BCUT2D eigenvalue weighted by Crippen LogP contribution is -2.33. The van der Waals surface area contributed by atoms with Crippen LogP contribution in [0.5, 0.6) is 11.5 Å². The molecule has 3 heteroatoms. The van der Waals surface area contributed by atoms with Gasteiger partial charge in [-0.3, -0.25) is 0 Å². The monoisotopic (exact) mass is 740 g/mol. The van der Waals surface area contributed by atoms with Crippen molar-refractivity contribution in [3.8, 4) is 39.4 Å². The average Bonchev–Trinajstić information content (AvgIpc) is 3.77. The molecule has 3 nitrogen and oxygen atoms in total. The quantitative estimate of drug-likeness (QED) is 0.175. The van der Waals surface area contributed by atoms with Crippen LogP contribution in [0.4, 0.5) is 17.1 Å². The molecule has 1 spiro atoms. The number of rotatable bonds is 5. The van der Waals surface area contributed by atoms with Crippen molar-refractivity contribution in [3.05, 3.63) is 241 Å². The highest BCUT2D eigenvalue weighted by atomic mass is 16.5. The van der Waals surface area contributed by atoms with Crippen LogP contribution in [0.15, 0.2) is 218 Å². The van der Waals surface area contributed by atoms with E-state index < -0.39 is 5.41 Å². The highest BCUT2D eigenvalue weighted by Gasteiger charge is 2.52. The van der Waals surface area contributed by atoms with Crippen LogP contribution in [0.3, 0.4) is 0 Å². The van der Waals surface area contributed by atoms with Crippen LogP contribution in [0.1, 0.15) is 22.3 Å². The van der Waals surface area contributed by atoms with E-state index in [1.54, 1.807) is 0 Å². The van der Waals surface area contributed by atoms with Gasteiger partial charge in [0.25, 0.3) is 0 Å². The minimum absolute atomic E-state index is 0.648. The third-order valence-electron chi connectivity index (χ3n) is 12.2. The maximum Gasteiger partial charge on any atom is 0.132 e. The first-order valence-electron chi connectivity index (χ1n) is 19.9. The first-order valence-corrected chi connectivity index (χ1v) is 19.9. The normalized spacial score (nSPS) is 14.8. The van der Waals surface area contributed by atoms with E-state index in [2.05, 4.69) is 228 Å². The van der Waals surface area contributed by atoms with Gasteiger partial charge in [0, 0.05) is 44.6 Å². The van der Waals surface area contributed by atoms with Crippen LogP contribution >= 0.6 is 0 Å². The standard InChI is InChI=1S/C55H36N2O/c1-4-17-37(18-5-1)42-25-16-30-53-54(42)55(48-27-13-15-29-52(48)58-53)47-26-12-10-23-43(47)44-33-31-40(35-49(44)55)56(38-19-6-2-7-20-38)41-32-34-46-45-24-11-14-28-50(45)57(51(46)36-41)39-21-8-3-9-22-39/h1-36H. The Bertz CT molecular complexity index is 3200. The van der Waals surface area contributed by atoms with Crippen LogP contribution in [0, 0.1) is 0 Å². The van der Waals surface area contributed by atoms with E-state index >= 15 is 0 Å². The first-order chi connectivity index (χ1) is 28.8. The Kier molecular flexibility index (Phi) is 7.14. The van der Waals surface area contributed by atoms with Gasteiger partial charge in [-0.25, -0.2) is 0 Å². The number of benzene rings is 9. The van der Waals surface area contributed by atoms with Crippen LogP contribution in [0.2, 0.25) is 0 Å². The van der Waals surface area contributed by atoms with E-state index in [1.165, 1.54) is 49.7 Å². The molecule has 272 valence electrons. The summed E-state index contributed by atoms with van der Waals surface area (Å²) in [7, 11) is 0. The van der Waals surface area contributed by atoms with E-state index in [-0.39, 0.29) is 0 Å². The molecule has 2 aliphatic rings. The lowest BCUT2D eigenvalue weighted by atomic mass is 9.64. The molecule has 0 bridgehead atoms. The summed E-state index contributed by atoms with van der Waals surface area (Å²) in [5.74, 6) is 1.76. The summed E-state index contributed by atoms with van der Waals surface area (Å²) in [5, 5.41) is 2.46. The summed E-state index contributed by atoms with van der Waals surface area (Å²) in [6.07, 6.45) is 0. The maximum atomic E-state index is 6.87. The van der Waals surface area contributed by atoms with Gasteiger partial charge in [-0.05, 0) is 100 Å². The van der Waals surface area contributed by atoms with Crippen molar-refractivity contribution in [2.75, 3.05) is 4.90 Å². The Hall–Kier alpha value is -7.62.